The van der Waals surface area contributed by atoms with Gasteiger partial charge in [-0.15, -0.1) is 0 Å². The molecule has 2 aromatic rings. The Morgan fingerprint density at radius 2 is 1.76 bits per heavy atom. The summed E-state index contributed by atoms with van der Waals surface area (Å²) in [5, 5.41) is 11.6. The molecule has 0 radical (unpaired) electrons. The monoisotopic (exact) mass is 284 g/mol. The second-order valence-electron chi connectivity index (χ2n) is 4.26. The van der Waals surface area contributed by atoms with Gasteiger partial charge >= 0.3 is 0 Å². The highest BCUT2D eigenvalue weighted by Crippen LogP contribution is 2.16. The Labute approximate surface area is 120 Å². The van der Waals surface area contributed by atoms with Crippen LogP contribution in [0.15, 0.2) is 34.7 Å². The van der Waals surface area contributed by atoms with Gasteiger partial charge in [-0.05, 0) is 30.3 Å². The van der Waals surface area contributed by atoms with E-state index < -0.39 is 11.8 Å². The minimum absolute atomic E-state index is 0.172. The van der Waals surface area contributed by atoms with Crippen molar-refractivity contribution in [3.05, 3.63) is 53.0 Å². The number of primary amides is 2. The Morgan fingerprint density at radius 1 is 1.14 bits per heavy atom. The molecular formula is C14H12N4O3. The zero-order valence-electron chi connectivity index (χ0n) is 10.9. The average molecular weight is 284 g/mol. The molecule has 1 heterocycles. The van der Waals surface area contributed by atoms with E-state index in [-0.39, 0.29) is 23.4 Å². The Bertz CT molecular complexity index is 711. The molecule has 0 saturated heterocycles. The van der Waals surface area contributed by atoms with Crippen LogP contribution < -0.4 is 16.8 Å². The third-order valence-corrected chi connectivity index (χ3v) is 2.74. The quantitative estimate of drug-likeness (QED) is 0.751. The zero-order chi connectivity index (χ0) is 15.4. The Hall–Kier alpha value is -3.27. The second-order valence-corrected chi connectivity index (χ2v) is 4.26. The summed E-state index contributed by atoms with van der Waals surface area (Å²) >= 11 is 0. The molecule has 2 amide bonds. The van der Waals surface area contributed by atoms with Crippen LogP contribution in [0.3, 0.4) is 0 Å². The van der Waals surface area contributed by atoms with Crippen LogP contribution in [0.5, 0.6) is 0 Å². The van der Waals surface area contributed by atoms with Gasteiger partial charge in [-0.25, -0.2) is 0 Å². The molecule has 0 atom stereocenters. The Balaban J connectivity index is 2.20. The number of nitrogens with zero attached hydrogens (tertiary/aromatic N) is 1. The van der Waals surface area contributed by atoms with Crippen LogP contribution >= 0.6 is 0 Å². The number of nitriles is 1. The topological polar surface area (TPSA) is 135 Å². The maximum atomic E-state index is 11.2. The molecule has 2 rings (SSSR count). The molecule has 0 aliphatic carbocycles. The number of benzene rings is 1. The highest BCUT2D eigenvalue weighted by Gasteiger charge is 2.09. The second kappa shape index (κ2) is 5.79. The summed E-state index contributed by atoms with van der Waals surface area (Å²) in [7, 11) is 0. The highest BCUT2D eigenvalue weighted by atomic mass is 16.3. The third-order valence-electron chi connectivity index (χ3n) is 2.74. The lowest BCUT2D eigenvalue weighted by molar-refractivity contribution is 0.0999. The van der Waals surface area contributed by atoms with Crippen molar-refractivity contribution < 1.29 is 14.0 Å². The molecule has 0 unspecified atom stereocenters. The Kier molecular flexibility index (Phi) is 3.90. The van der Waals surface area contributed by atoms with Crippen molar-refractivity contribution in [2.24, 2.45) is 11.5 Å². The summed E-state index contributed by atoms with van der Waals surface area (Å²) in [5.74, 6) is -0.580. The maximum Gasteiger partial charge on any atom is 0.248 e. The largest absolute Gasteiger partial charge is 0.449 e. The van der Waals surface area contributed by atoms with E-state index in [1.165, 1.54) is 18.2 Å². The summed E-state index contributed by atoms with van der Waals surface area (Å²) in [6, 6.07) is 9.41. The van der Waals surface area contributed by atoms with E-state index in [9.17, 15) is 9.59 Å². The van der Waals surface area contributed by atoms with Gasteiger partial charge in [-0.2, -0.15) is 5.26 Å². The lowest BCUT2D eigenvalue weighted by Gasteiger charge is -2.08. The molecule has 1 aromatic heterocycles. The minimum Gasteiger partial charge on any atom is -0.449 e. The molecule has 7 nitrogen and oxygen atoms in total. The van der Waals surface area contributed by atoms with Gasteiger partial charge in [-0.1, -0.05) is 0 Å². The first-order valence-electron chi connectivity index (χ1n) is 5.97. The van der Waals surface area contributed by atoms with Crippen molar-refractivity contribution in [2.75, 3.05) is 5.32 Å². The van der Waals surface area contributed by atoms with Gasteiger partial charge in [-0.3, -0.25) is 9.59 Å². The SMILES string of the molecule is N#Cc1ccc(CNc2cc(C(N)=O)cc(C(N)=O)c2)o1. The first kappa shape index (κ1) is 14.1. The van der Waals surface area contributed by atoms with Gasteiger partial charge in [0, 0.05) is 16.8 Å². The summed E-state index contributed by atoms with van der Waals surface area (Å²) in [5.41, 5.74) is 11.3. The van der Waals surface area contributed by atoms with Gasteiger partial charge in [0.25, 0.3) is 0 Å². The summed E-state index contributed by atoms with van der Waals surface area (Å²) in [6.07, 6.45) is 0. The van der Waals surface area contributed by atoms with E-state index >= 15 is 0 Å². The maximum absolute atomic E-state index is 11.2. The first-order valence-corrected chi connectivity index (χ1v) is 5.97. The molecule has 21 heavy (non-hydrogen) atoms. The van der Waals surface area contributed by atoms with Crippen LogP contribution in [0, 0.1) is 11.3 Å². The van der Waals surface area contributed by atoms with Crippen molar-refractivity contribution in [3.8, 4) is 6.07 Å². The third kappa shape index (κ3) is 3.39. The summed E-state index contributed by atoms with van der Waals surface area (Å²) in [6.45, 7) is 0.280. The lowest BCUT2D eigenvalue weighted by atomic mass is 10.1. The summed E-state index contributed by atoms with van der Waals surface area (Å²) < 4.78 is 5.20. The van der Waals surface area contributed by atoms with Crippen molar-refractivity contribution >= 4 is 17.5 Å². The number of nitrogens with two attached hydrogens (primary N) is 2. The Morgan fingerprint density at radius 3 is 2.24 bits per heavy atom. The fraction of sp³-hybridized carbons (Fsp3) is 0.0714. The fourth-order valence-electron chi connectivity index (χ4n) is 1.74. The van der Waals surface area contributed by atoms with E-state index in [1.54, 1.807) is 12.1 Å². The smallest absolute Gasteiger partial charge is 0.248 e. The van der Waals surface area contributed by atoms with Crippen LogP contribution in [0.1, 0.15) is 32.2 Å². The molecule has 1 aromatic carbocycles. The average Bonchev–Trinajstić information content (AvgIpc) is 2.92. The van der Waals surface area contributed by atoms with E-state index in [0.717, 1.165) is 0 Å². The molecule has 0 saturated carbocycles. The van der Waals surface area contributed by atoms with Crippen molar-refractivity contribution in [1.29, 1.82) is 5.26 Å². The zero-order valence-corrected chi connectivity index (χ0v) is 10.9. The van der Waals surface area contributed by atoms with E-state index in [4.69, 9.17) is 21.1 Å². The molecule has 7 heteroatoms. The van der Waals surface area contributed by atoms with Gasteiger partial charge in [0.2, 0.25) is 17.6 Å². The predicted molar refractivity (Wildman–Crippen MR) is 74.2 cm³/mol. The van der Waals surface area contributed by atoms with Gasteiger partial charge in [0.1, 0.15) is 11.8 Å². The molecule has 5 N–H and O–H groups in total. The number of amides is 2. The van der Waals surface area contributed by atoms with Gasteiger partial charge in [0.05, 0.1) is 6.54 Å². The molecule has 0 aliphatic heterocycles. The standard InChI is InChI=1S/C14H12N4O3/c15-6-11-1-2-12(21-11)7-18-10-4-8(13(16)19)3-9(5-10)14(17)20/h1-5,18H,7H2,(H2,16,19)(H2,17,20). The predicted octanol–water partition coefficient (Wildman–Crippen LogP) is 0.961. The lowest BCUT2D eigenvalue weighted by Crippen LogP contribution is -2.16. The minimum atomic E-state index is -0.661. The van der Waals surface area contributed by atoms with E-state index in [0.29, 0.717) is 11.4 Å². The normalized spacial score (nSPS) is 9.86. The first-order chi connectivity index (χ1) is 9.99. The molecule has 0 fully saturated rings. The fourth-order valence-corrected chi connectivity index (χ4v) is 1.74. The van der Waals surface area contributed by atoms with Crippen molar-refractivity contribution in [3.63, 3.8) is 0 Å². The van der Waals surface area contributed by atoms with E-state index in [2.05, 4.69) is 5.32 Å². The number of nitrogens with one attached hydrogen (secondary N) is 1. The van der Waals surface area contributed by atoms with Crippen LogP contribution in [0.2, 0.25) is 0 Å². The van der Waals surface area contributed by atoms with Crippen LogP contribution in [-0.2, 0) is 6.54 Å². The number of carbonyl (C=O) groups excluding carboxylic acids is 2. The van der Waals surface area contributed by atoms with Crippen molar-refractivity contribution in [1.82, 2.24) is 0 Å². The molecule has 0 bridgehead atoms. The van der Waals surface area contributed by atoms with Crippen molar-refractivity contribution in [2.45, 2.75) is 6.54 Å². The number of hydrogen-bond donors (Lipinski definition) is 3. The van der Waals surface area contributed by atoms with Gasteiger partial charge < -0.3 is 21.2 Å². The molecular weight excluding hydrogens is 272 g/mol. The number of carbonyl (C=O) groups is 2. The molecule has 106 valence electrons. The van der Waals surface area contributed by atoms with Gasteiger partial charge in [0.15, 0.2) is 0 Å². The van der Waals surface area contributed by atoms with E-state index in [1.807, 2.05) is 6.07 Å². The number of rotatable bonds is 5. The number of anilines is 1. The number of hydrogen-bond acceptors (Lipinski definition) is 5. The molecule has 0 spiro atoms. The number of furan rings is 1. The highest BCUT2D eigenvalue weighted by molar-refractivity contribution is 5.99. The van der Waals surface area contributed by atoms with Crippen LogP contribution in [-0.4, -0.2) is 11.8 Å². The van der Waals surface area contributed by atoms with Crippen LogP contribution in [0.4, 0.5) is 5.69 Å². The summed E-state index contributed by atoms with van der Waals surface area (Å²) in [4.78, 5) is 22.5. The molecule has 0 aliphatic rings. The van der Waals surface area contributed by atoms with Crippen LogP contribution in [0.25, 0.3) is 0 Å².